The number of nitrogens with one attached hydrogen (secondary N) is 4. The van der Waals surface area contributed by atoms with Crippen LogP contribution in [-0.4, -0.2) is 271 Å². The van der Waals surface area contributed by atoms with Crippen LogP contribution in [0.3, 0.4) is 0 Å². The molecule has 4 aliphatic heterocycles. The van der Waals surface area contributed by atoms with E-state index in [2.05, 4.69) is 74.2 Å². The number of unbranched alkanes of at least 4 members (excludes halogenated alkanes) is 7. The topological polar surface area (TPSA) is 488 Å². The number of carbonyl (C=O) groups excluding carboxylic acids is 6. The molecular weight excluding hydrogens is 1550 g/mol. The number of hydrogen-bond acceptors (Lipinski definition) is 25. The van der Waals surface area contributed by atoms with Crippen molar-refractivity contribution in [2.24, 2.45) is 46.3 Å². The quantitative estimate of drug-likeness (QED) is 0.0161. The number of fused-ring (bicyclic) bond motifs is 5. The molecule has 0 bridgehead atoms. The SMILES string of the molecule is CC(C)CCCC(C)C1CCC2C3CC=C4C[C@@H](OC(=O)NCCCCCC(=O)N5C[C@H](OP(=O)(O)OC[C@@H]6C[C@@H](O)CN6C(=O)CCCCCNC(=O)[C@H](CCCCNC(=O)CCCCOC6OC(CO)C(O)C(O)C6O)NC(=O)CCCCOC6OC(CO)C(O)C(O)C6O)C[C@H]5COP(=O)(O)S)CC[C@]4(C)C3CC[C@]12C. The Morgan fingerprint density at radius 2 is 1.17 bits per heavy atom. The highest BCUT2D eigenvalue weighted by atomic mass is 32.7. The lowest BCUT2D eigenvalue weighted by molar-refractivity contribution is -0.301. The van der Waals surface area contributed by atoms with Crippen molar-refractivity contribution in [1.29, 1.82) is 0 Å². The molecule has 656 valence electrons. The molecule has 4 aliphatic carbocycles. The average molecular weight is 1680 g/mol. The second-order valence-corrected chi connectivity index (χ2v) is 38.4. The van der Waals surface area contributed by atoms with E-state index in [0.29, 0.717) is 94.4 Å². The third-order valence-corrected chi connectivity index (χ3v) is 27.4. The maximum atomic E-state index is 13.8. The van der Waals surface area contributed by atoms with E-state index in [4.69, 9.17) is 37.3 Å². The van der Waals surface area contributed by atoms with Crippen LogP contribution in [0.1, 0.15) is 227 Å². The lowest BCUT2D eigenvalue weighted by atomic mass is 9.47. The molecule has 17 unspecified atom stereocenters. The van der Waals surface area contributed by atoms with Gasteiger partial charge in [-0.25, -0.2) is 13.9 Å². The number of alkyl carbamates (subject to hydrolysis) is 1. The number of ether oxygens (including phenoxy) is 5. The zero-order chi connectivity index (χ0) is 83.1. The summed E-state index contributed by atoms with van der Waals surface area (Å²) in [4.78, 5) is 104. The van der Waals surface area contributed by atoms with Gasteiger partial charge in [0.25, 0.3) is 0 Å². The number of thiol groups is 1. The van der Waals surface area contributed by atoms with E-state index < -0.39 is 151 Å². The molecule has 0 aromatic rings. The standard InChI is InChI=1S/C78H136N6O27P2S/c1-48(2)19-18-20-49(3)57-28-29-58-56-27-26-50-39-54(30-32-77(50,4)59(56)31-33-78(57,58)5)108-76(99)81-36-14-7-9-25-66(91)84-43-55(41-52(84)47-107-113(102,103)114)111-112(100,101)106-46-51-40-53(87)42-83(51)65(90)24-8-6-13-35-80-73(98)60(82-64(89)23-12-17-38-105-75-72(97)70(95)68(93)62(45-86)110-75)21-10-15-34-79-63(88)22-11-16-37-104-74-71(96)69(94)67(92)61(44-85)109-74/h26,48-49,51-62,67-72,74-75,85-87,92-97H,6-25,27-47H2,1-5H3,(H,79,88)(H,80,98)(H,81,99)(H,82,89)(H,100,101)(H2,102,103,114)/t49?,51-,52-,53+,54-,55+,56?,57?,58?,59?,60-,61?,62?,67?,68?,69?,70?,71?,72?,74?,75?,77-,78+/m0/s1. The monoisotopic (exact) mass is 1680 g/mol. The molecular formula is C78H136N6O27P2S. The first-order valence-electron chi connectivity index (χ1n) is 42.1. The Bertz CT molecular complexity index is 3160. The largest absolute Gasteiger partial charge is 0.472 e. The minimum absolute atomic E-state index is 0.0162. The van der Waals surface area contributed by atoms with Crippen LogP contribution in [0.25, 0.3) is 0 Å². The fourth-order valence-corrected chi connectivity index (χ4v) is 20.7. The Hall–Kier alpha value is -3.55. The van der Waals surface area contributed by atoms with Gasteiger partial charge in [0, 0.05) is 78.0 Å². The molecule has 3 saturated carbocycles. The van der Waals surface area contributed by atoms with Gasteiger partial charge in [-0.2, -0.15) is 0 Å². The molecule has 8 aliphatic rings. The Morgan fingerprint density at radius 3 is 1.78 bits per heavy atom. The summed E-state index contributed by atoms with van der Waals surface area (Å²) in [5.74, 6) is 2.60. The molecule has 25 atom stereocenters. The number of phosphoric ester groups is 1. The van der Waals surface area contributed by atoms with Crippen LogP contribution < -0.4 is 21.3 Å². The van der Waals surface area contributed by atoms with Crippen LogP contribution in [0.2, 0.25) is 0 Å². The van der Waals surface area contributed by atoms with E-state index >= 15 is 0 Å². The van der Waals surface area contributed by atoms with Crippen LogP contribution in [0.4, 0.5) is 4.79 Å². The van der Waals surface area contributed by atoms with Crippen molar-refractivity contribution in [2.45, 2.75) is 325 Å². The summed E-state index contributed by atoms with van der Waals surface area (Å²) in [5.41, 5.74) is 2.00. The first kappa shape index (κ1) is 95.9. The summed E-state index contributed by atoms with van der Waals surface area (Å²) >= 11 is 3.62. The number of β-amino-alcohol motifs (C(OH)–C–C–N with tert-alkyl or cyclic N) is 1. The van der Waals surface area contributed by atoms with Gasteiger partial charge in [-0.15, -0.1) is 0 Å². The molecule has 4 heterocycles. The number of allylic oxidation sites excluding steroid dienone is 1. The second kappa shape index (κ2) is 45.9. The van der Waals surface area contributed by atoms with E-state index in [1.165, 1.54) is 60.3 Å². The number of phosphoric acid groups is 1. The molecule has 4 saturated heterocycles. The predicted octanol–water partition coefficient (Wildman–Crippen LogP) is 5.22. The zero-order valence-electron chi connectivity index (χ0n) is 67.5. The third kappa shape index (κ3) is 28.0. The highest BCUT2D eigenvalue weighted by Crippen LogP contribution is 2.67. The number of amides is 6. The van der Waals surface area contributed by atoms with Gasteiger partial charge in [-0.3, -0.25) is 37.5 Å². The molecule has 0 aromatic heterocycles. The molecule has 8 rings (SSSR count). The van der Waals surface area contributed by atoms with Crippen LogP contribution in [0.15, 0.2) is 11.6 Å². The molecule has 0 spiro atoms. The van der Waals surface area contributed by atoms with Gasteiger partial charge in [-0.05, 0) is 175 Å². The molecule has 33 nitrogen and oxygen atoms in total. The predicted molar refractivity (Wildman–Crippen MR) is 419 cm³/mol. The van der Waals surface area contributed by atoms with Crippen LogP contribution in [0, 0.1) is 46.3 Å². The Balaban J connectivity index is 0.711. The van der Waals surface area contributed by atoms with Crippen LogP contribution >= 0.6 is 26.9 Å². The van der Waals surface area contributed by atoms with Crippen molar-refractivity contribution in [2.75, 3.05) is 72.4 Å². The maximum Gasteiger partial charge on any atom is 0.472 e. The molecule has 15 N–H and O–H groups in total. The summed E-state index contributed by atoms with van der Waals surface area (Å²) in [5, 5.41) is 102. The molecule has 6 amide bonds. The Kier molecular flexibility index (Phi) is 38.6. The molecule has 0 radical (unpaired) electrons. The van der Waals surface area contributed by atoms with Gasteiger partial charge in [0.1, 0.15) is 61.0 Å². The van der Waals surface area contributed by atoms with Crippen LogP contribution in [-0.2, 0) is 70.4 Å². The summed E-state index contributed by atoms with van der Waals surface area (Å²) < 4.78 is 69.5. The van der Waals surface area contributed by atoms with E-state index in [1.54, 1.807) is 0 Å². The van der Waals surface area contributed by atoms with E-state index in [9.17, 15) is 93.6 Å². The number of carbonyl (C=O) groups is 6. The van der Waals surface area contributed by atoms with Gasteiger partial charge in [-0.1, -0.05) is 90.6 Å². The van der Waals surface area contributed by atoms with E-state index in [0.717, 1.165) is 49.4 Å². The van der Waals surface area contributed by atoms with Gasteiger partial charge in [0.05, 0.1) is 50.7 Å². The van der Waals surface area contributed by atoms with Gasteiger partial charge in [0.2, 0.25) is 29.5 Å². The zero-order valence-corrected chi connectivity index (χ0v) is 70.1. The number of hydrogen-bond donors (Lipinski definition) is 16. The van der Waals surface area contributed by atoms with Crippen molar-refractivity contribution in [3.63, 3.8) is 0 Å². The molecule has 0 aromatic carbocycles. The first-order valence-corrected chi connectivity index (χ1v) is 46.3. The van der Waals surface area contributed by atoms with Crippen molar-refractivity contribution < 1.29 is 131 Å². The highest BCUT2D eigenvalue weighted by Gasteiger charge is 2.60. The normalized spacial score (nSPS) is 33.7. The number of aliphatic hydroxyl groups is 9. The van der Waals surface area contributed by atoms with Gasteiger partial charge >= 0.3 is 20.7 Å². The number of aliphatic hydroxyl groups excluding tert-OH is 9. The smallest absolute Gasteiger partial charge is 0.446 e. The highest BCUT2D eigenvalue weighted by molar-refractivity contribution is 8.44. The molecule has 36 heteroatoms. The summed E-state index contributed by atoms with van der Waals surface area (Å²) in [6.45, 7) is 6.44. The van der Waals surface area contributed by atoms with Crippen molar-refractivity contribution >= 4 is 62.5 Å². The van der Waals surface area contributed by atoms with Crippen molar-refractivity contribution in [3.8, 4) is 0 Å². The van der Waals surface area contributed by atoms with Crippen LogP contribution in [0.5, 0.6) is 0 Å². The van der Waals surface area contributed by atoms with E-state index in [-0.39, 0.29) is 120 Å². The van der Waals surface area contributed by atoms with Crippen molar-refractivity contribution in [3.05, 3.63) is 11.6 Å². The van der Waals surface area contributed by atoms with Gasteiger partial charge in [0.15, 0.2) is 12.6 Å². The Labute approximate surface area is 676 Å². The third-order valence-electron chi connectivity index (χ3n) is 25.5. The lowest BCUT2D eigenvalue weighted by Crippen LogP contribution is -2.59. The fourth-order valence-electron chi connectivity index (χ4n) is 19.2. The second-order valence-electron chi connectivity index (χ2n) is 34.2. The number of rotatable bonds is 47. The number of nitrogens with zero attached hydrogens (tertiary/aromatic N) is 2. The average Bonchev–Trinajstić information content (AvgIpc) is 1.44. The molecule has 7 fully saturated rings. The summed E-state index contributed by atoms with van der Waals surface area (Å²) in [7, 11) is -4.89. The summed E-state index contributed by atoms with van der Waals surface area (Å²) in [6.07, 6.45) is 3.97. The lowest BCUT2D eigenvalue weighted by Gasteiger charge is -2.58. The summed E-state index contributed by atoms with van der Waals surface area (Å²) in [6, 6.07) is -2.61. The van der Waals surface area contributed by atoms with Crippen molar-refractivity contribution in [1.82, 2.24) is 31.1 Å². The maximum absolute atomic E-state index is 13.8. The molecule has 114 heavy (non-hydrogen) atoms. The minimum atomic E-state index is -4.89. The van der Waals surface area contributed by atoms with Gasteiger partial charge < -0.3 is 110 Å². The van der Waals surface area contributed by atoms with E-state index in [1.807, 2.05) is 0 Å². The fraction of sp³-hybridized carbons (Fsp3) is 0.897. The first-order chi connectivity index (χ1) is 54.1. The Morgan fingerprint density at radius 1 is 0.596 bits per heavy atom. The minimum Gasteiger partial charge on any atom is -0.446 e. The number of likely N-dealkylation sites (tertiary alicyclic amines) is 2.